The van der Waals surface area contributed by atoms with Crippen molar-refractivity contribution in [3.05, 3.63) is 24.2 Å². The minimum Gasteiger partial charge on any atom is -0.467 e. The highest BCUT2D eigenvalue weighted by atomic mass is 16.4. The standard InChI is InChI=1S/C13H21NO2/c1-10(11-5-2-3-6-11)14-9-12(15)13-7-4-8-16-13/h4,7-8,10-12,14-15H,2-3,5-6,9H2,1H3. The van der Waals surface area contributed by atoms with Crippen LogP contribution in [-0.4, -0.2) is 17.7 Å². The van der Waals surface area contributed by atoms with Gasteiger partial charge in [-0.05, 0) is 37.8 Å². The first kappa shape index (κ1) is 11.7. The normalized spacial score (nSPS) is 21.1. The molecule has 2 unspecified atom stereocenters. The summed E-state index contributed by atoms with van der Waals surface area (Å²) in [5.74, 6) is 1.43. The van der Waals surface area contributed by atoms with Gasteiger partial charge in [-0.25, -0.2) is 0 Å². The smallest absolute Gasteiger partial charge is 0.133 e. The van der Waals surface area contributed by atoms with E-state index in [2.05, 4.69) is 12.2 Å². The van der Waals surface area contributed by atoms with Crippen LogP contribution < -0.4 is 5.32 Å². The molecule has 0 amide bonds. The molecule has 2 atom stereocenters. The molecule has 0 aliphatic heterocycles. The second-order valence-corrected chi connectivity index (χ2v) is 4.77. The average molecular weight is 223 g/mol. The number of furan rings is 1. The van der Waals surface area contributed by atoms with Gasteiger partial charge in [-0.3, -0.25) is 0 Å². The Kier molecular flexibility index (Phi) is 4.02. The maximum atomic E-state index is 9.84. The molecule has 0 spiro atoms. The Bertz CT molecular complexity index is 291. The van der Waals surface area contributed by atoms with Crippen molar-refractivity contribution < 1.29 is 9.52 Å². The lowest BCUT2D eigenvalue weighted by Gasteiger charge is -2.21. The van der Waals surface area contributed by atoms with E-state index in [9.17, 15) is 5.11 Å². The van der Waals surface area contributed by atoms with E-state index in [1.54, 1.807) is 12.3 Å². The van der Waals surface area contributed by atoms with Gasteiger partial charge >= 0.3 is 0 Å². The first-order valence-corrected chi connectivity index (χ1v) is 6.22. The predicted octanol–water partition coefficient (Wildman–Crippen LogP) is 2.48. The number of nitrogens with one attached hydrogen (secondary N) is 1. The fourth-order valence-electron chi connectivity index (χ4n) is 2.50. The number of aliphatic hydroxyl groups excluding tert-OH is 1. The zero-order valence-corrected chi connectivity index (χ0v) is 9.86. The van der Waals surface area contributed by atoms with Crippen LogP contribution in [-0.2, 0) is 0 Å². The van der Waals surface area contributed by atoms with Gasteiger partial charge in [0.2, 0.25) is 0 Å². The van der Waals surface area contributed by atoms with Crippen LogP contribution in [0.2, 0.25) is 0 Å². The lowest BCUT2D eigenvalue weighted by Crippen LogP contribution is -2.35. The van der Waals surface area contributed by atoms with Crippen LogP contribution in [0.25, 0.3) is 0 Å². The van der Waals surface area contributed by atoms with Crippen molar-refractivity contribution in [2.75, 3.05) is 6.54 Å². The maximum Gasteiger partial charge on any atom is 0.133 e. The summed E-state index contributed by atoms with van der Waals surface area (Å²) in [6.45, 7) is 2.79. The molecule has 2 N–H and O–H groups in total. The predicted molar refractivity (Wildman–Crippen MR) is 63.1 cm³/mol. The molecule has 1 aromatic heterocycles. The van der Waals surface area contributed by atoms with E-state index in [4.69, 9.17) is 4.42 Å². The van der Waals surface area contributed by atoms with Crippen molar-refractivity contribution >= 4 is 0 Å². The molecule has 1 saturated carbocycles. The van der Waals surface area contributed by atoms with Gasteiger partial charge in [0.1, 0.15) is 11.9 Å². The van der Waals surface area contributed by atoms with Gasteiger partial charge in [0.15, 0.2) is 0 Å². The molecule has 0 aromatic carbocycles. The van der Waals surface area contributed by atoms with Crippen molar-refractivity contribution in [3.63, 3.8) is 0 Å². The highest BCUT2D eigenvalue weighted by molar-refractivity contribution is 5.02. The summed E-state index contributed by atoms with van der Waals surface area (Å²) in [4.78, 5) is 0. The van der Waals surface area contributed by atoms with Crippen LogP contribution in [0.15, 0.2) is 22.8 Å². The molecule has 2 rings (SSSR count). The Morgan fingerprint density at radius 3 is 2.88 bits per heavy atom. The van der Waals surface area contributed by atoms with Crippen LogP contribution in [0.5, 0.6) is 0 Å². The molecular formula is C13H21NO2. The number of hydrogen-bond donors (Lipinski definition) is 2. The summed E-state index contributed by atoms with van der Waals surface area (Å²) >= 11 is 0. The zero-order chi connectivity index (χ0) is 11.4. The highest BCUT2D eigenvalue weighted by Gasteiger charge is 2.22. The Hall–Kier alpha value is -0.800. The largest absolute Gasteiger partial charge is 0.467 e. The third-order valence-corrected chi connectivity index (χ3v) is 3.61. The van der Waals surface area contributed by atoms with Gasteiger partial charge in [-0.2, -0.15) is 0 Å². The summed E-state index contributed by atoms with van der Waals surface area (Å²) < 4.78 is 5.16. The third kappa shape index (κ3) is 2.86. The maximum absolute atomic E-state index is 9.84. The van der Waals surface area contributed by atoms with Crippen LogP contribution in [0.1, 0.15) is 44.5 Å². The molecule has 3 nitrogen and oxygen atoms in total. The second-order valence-electron chi connectivity index (χ2n) is 4.77. The molecule has 0 saturated heterocycles. The van der Waals surface area contributed by atoms with E-state index >= 15 is 0 Å². The molecule has 1 heterocycles. The topological polar surface area (TPSA) is 45.4 Å². The van der Waals surface area contributed by atoms with Crippen LogP contribution in [0.4, 0.5) is 0 Å². The highest BCUT2D eigenvalue weighted by Crippen LogP contribution is 2.27. The van der Waals surface area contributed by atoms with E-state index in [0.717, 1.165) is 5.92 Å². The minimum atomic E-state index is -0.529. The lowest BCUT2D eigenvalue weighted by molar-refractivity contribution is 0.140. The zero-order valence-electron chi connectivity index (χ0n) is 9.86. The van der Waals surface area contributed by atoms with Gasteiger partial charge in [-0.15, -0.1) is 0 Å². The van der Waals surface area contributed by atoms with E-state index in [1.807, 2.05) is 6.07 Å². The fourth-order valence-corrected chi connectivity index (χ4v) is 2.50. The van der Waals surface area contributed by atoms with Crippen LogP contribution in [0.3, 0.4) is 0 Å². The second kappa shape index (κ2) is 5.51. The van der Waals surface area contributed by atoms with Gasteiger partial charge in [0, 0.05) is 12.6 Å². The summed E-state index contributed by atoms with van der Waals surface area (Å²) in [7, 11) is 0. The molecule has 1 fully saturated rings. The van der Waals surface area contributed by atoms with Crippen molar-refractivity contribution in [1.82, 2.24) is 5.32 Å². The summed E-state index contributed by atoms with van der Waals surface area (Å²) in [5.41, 5.74) is 0. The molecule has 1 aliphatic rings. The molecule has 1 aromatic rings. The average Bonchev–Trinajstić information content (AvgIpc) is 2.95. The van der Waals surface area contributed by atoms with Crippen molar-refractivity contribution in [1.29, 1.82) is 0 Å². The fraction of sp³-hybridized carbons (Fsp3) is 0.692. The SMILES string of the molecule is CC(NCC(O)c1ccco1)C1CCCC1. The van der Waals surface area contributed by atoms with Crippen molar-refractivity contribution in [3.8, 4) is 0 Å². The Balaban J connectivity index is 1.74. The van der Waals surface area contributed by atoms with E-state index in [-0.39, 0.29) is 0 Å². The monoisotopic (exact) mass is 223 g/mol. The summed E-state index contributed by atoms with van der Waals surface area (Å²) in [6.07, 6.45) is 6.43. The molecule has 3 heteroatoms. The van der Waals surface area contributed by atoms with Crippen molar-refractivity contribution in [2.45, 2.75) is 44.8 Å². The van der Waals surface area contributed by atoms with Gasteiger partial charge in [0.25, 0.3) is 0 Å². The van der Waals surface area contributed by atoms with E-state index in [1.165, 1.54) is 25.7 Å². The molecule has 1 aliphatic carbocycles. The molecular weight excluding hydrogens is 202 g/mol. The van der Waals surface area contributed by atoms with E-state index < -0.39 is 6.10 Å². The van der Waals surface area contributed by atoms with E-state index in [0.29, 0.717) is 18.3 Å². The first-order chi connectivity index (χ1) is 7.77. The Morgan fingerprint density at radius 2 is 2.25 bits per heavy atom. The van der Waals surface area contributed by atoms with Crippen LogP contribution in [0, 0.1) is 5.92 Å². The van der Waals surface area contributed by atoms with Gasteiger partial charge in [-0.1, -0.05) is 12.8 Å². The van der Waals surface area contributed by atoms with Gasteiger partial charge < -0.3 is 14.8 Å². The van der Waals surface area contributed by atoms with Crippen molar-refractivity contribution in [2.24, 2.45) is 5.92 Å². The number of aliphatic hydroxyl groups is 1. The Morgan fingerprint density at radius 1 is 1.50 bits per heavy atom. The molecule has 0 radical (unpaired) electrons. The summed E-state index contributed by atoms with van der Waals surface area (Å²) in [6, 6.07) is 4.11. The first-order valence-electron chi connectivity index (χ1n) is 6.22. The van der Waals surface area contributed by atoms with Crippen LogP contribution >= 0.6 is 0 Å². The summed E-state index contributed by atoms with van der Waals surface area (Å²) in [5, 5.41) is 13.2. The third-order valence-electron chi connectivity index (χ3n) is 3.61. The van der Waals surface area contributed by atoms with Gasteiger partial charge in [0.05, 0.1) is 6.26 Å². The molecule has 90 valence electrons. The molecule has 0 bridgehead atoms. The quantitative estimate of drug-likeness (QED) is 0.806. The number of rotatable bonds is 5. The minimum absolute atomic E-state index is 0.493. The molecule has 16 heavy (non-hydrogen) atoms. The Labute approximate surface area is 96.8 Å². The lowest BCUT2D eigenvalue weighted by atomic mass is 10.00. The number of hydrogen-bond acceptors (Lipinski definition) is 3.